The van der Waals surface area contributed by atoms with Gasteiger partial charge >= 0.3 is 102 Å². The van der Waals surface area contributed by atoms with Crippen LogP contribution in [0, 0.1) is 0 Å². The molecule has 0 saturated carbocycles. The van der Waals surface area contributed by atoms with Crippen molar-refractivity contribution in [2.24, 2.45) is 5.73 Å². The van der Waals surface area contributed by atoms with E-state index in [-0.39, 0.29) is 21.0 Å². The average molecular weight is 312 g/mol. The second-order valence-corrected chi connectivity index (χ2v) is 5.83. The maximum absolute atomic E-state index is 6.31. The minimum absolute atomic E-state index is 0.000832. The van der Waals surface area contributed by atoms with Crippen molar-refractivity contribution in [3.05, 3.63) is 54.1 Å². The van der Waals surface area contributed by atoms with Crippen LogP contribution in [0.5, 0.6) is 0 Å². The molecule has 2 rings (SSSR count). The molecule has 0 aliphatic heterocycles. The third kappa shape index (κ3) is 2.24. The molecule has 0 amide bonds. The van der Waals surface area contributed by atoms with Gasteiger partial charge in [-0.05, 0) is 0 Å². The van der Waals surface area contributed by atoms with Gasteiger partial charge in [0.25, 0.3) is 0 Å². The summed E-state index contributed by atoms with van der Waals surface area (Å²) in [6.45, 7) is 0. The van der Waals surface area contributed by atoms with Gasteiger partial charge in [0.15, 0.2) is 0 Å². The molecule has 15 heavy (non-hydrogen) atoms. The van der Waals surface area contributed by atoms with Crippen LogP contribution in [0.4, 0.5) is 0 Å². The van der Waals surface area contributed by atoms with Gasteiger partial charge in [-0.3, -0.25) is 0 Å². The van der Waals surface area contributed by atoms with Gasteiger partial charge in [0.2, 0.25) is 0 Å². The Bertz CT molecular complexity index is 399. The van der Waals surface area contributed by atoms with Crippen LogP contribution in [0.25, 0.3) is 5.57 Å². The van der Waals surface area contributed by atoms with Gasteiger partial charge in [-0.25, -0.2) is 0 Å². The van der Waals surface area contributed by atoms with E-state index in [1.807, 2.05) is 24.3 Å². The van der Waals surface area contributed by atoms with Crippen LogP contribution in [0.15, 0.2) is 48.6 Å². The molecule has 0 spiro atoms. The Morgan fingerprint density at radius 2 is 2.00 bits per heavy atom. The van der Waals surface area contributed by atoms with Crippen molar-refractivity contribution in [3.8, 4) is 0 Å². The van der Waals surface area contributed by atoms with Gasteiger partial charge in [0, 0.05) is 0 Å². The van der Waals surface area contributed by atoms with Crippen LogP contribution in [0.1, 0.15) is 12.0 Å². The molecule has 82 valence electrons. The molecule has 3 heteroatoms. The molecule has 1 aromatic rings. The van der Waals surface area contributed by atoms with E-state index in [2.05, 4.69) is 24.3 Å². The number of halogens is 1. The van der Waals surface area contributed by atoms with Gasteiger partial charge in [-0.2, -0.15) is 0 Å². The topological polar surface area (TPSA) is 26.0 Å². The Labute approximate surface area is 102 Å². The summed E-state index contributed by atoms with van der Waals surface area (Å²) in [6.07, 6.45) is 7.02. The predicted molar refractivity (Wildman–Crippen MR) is 60.9 cm³/mol. The van der Waals surface area contributed by atoms with Crippen LogP contribution in [-0.2, 0) is 17.0 Å². The molecule has 2 N–H and O–H groups in total. The van der Waals surface area contributed by atoms with Crippen molar-refractivity contribution < 1.29 is 17.0 Å². The first-order valence-electron chi connectivity index (χ1n) is 4.69. The molecule has 0 radical (unpaired) electrons. The fourth-order valence-electron chi connectivity index (χ4n) is 1.64. The van der Waals surface area contributed by atoms with Crippen molar-refractivity contribution >= 4 is 15.1 Å². The Hall–Kier alpha value is -0.388. The minimum atomic E-state index is -0.369. The van der Waals surface area contributed by atoms with E-state index in [4.69, 9.17) is 15.3 Å². The quantitative estimate of drug-likeness (QED) is 0.835. The van der Waals surface area contributed by atoms with Crippen molar-refractivity contribution in [3.63, 3.8) is 0 Å². The predicted octanol–water partition coefficient (Wildman–Crippen LogP) is 2.92. The summed E-state index contributed by atoms with van der Waals surface area (Å²) in [5.41, 5.74) is 8.62. The Morgan fingerprint density at radius 1 is 1.27 bits per heavy atom. The number of hydrogen-bond acceptors (Lipinski definition) is 1. The fourth-order valence-corrected chi connectivity index (χ4v) is 3.13. The summed E-state index contributed by atoms with van der Waals surface area (Å²) in [6, 6.07) is 10.2. The van der Waals surface area contributed by atoms with E-state index in [0.717, 1.165) is 12.0 Å². The number of allylic oxidation sites excluding steroid dienone is 2. The standard InChI is InChI=1S/C12H12N.ClH.Pd/c13-12-9-5-4-8-11(12)10-6-2-1-3-7-10;;/h1-8H,9,13H2;1H;/q;;+1/p-1. The monoisotopic (exact) mass is 311 g/mol. The molecule has 1 aliphatic carbocycles. The van der Waals surface area contributed by atoms with E-state index >= 15 is 0 Å². The first-order chi connectivity index (χ1) is 7.26. The van der Waals surface area contributed by atoms with Crippen molar-refractivity contribution in [2.75, 3.05) is 0 Å². The molecule has 1 unspecified atom stereocenters. The number of hydrogen-bond donors (Lipinski definition) is 1. The van der Waals surface area contributed by atoms with Crippen molar-refractivity contribution in [2.45, 2.75) is 10.4 Å². The summed E-state index contributed by atoms with van der Waals surface area (Å²) < 4.78 is -0.369. The van der Waals surface area contributed by atoms with Crippen molar-refractivity contribution in [1.82, 2.24) is 0 Å². The molecule has 0 bridgehead atoms. The van der Waals surface area contributed by atoms with E-state index in [0.29, 0.717) is 0 Å². The van der Waals surface area contributed by atoms with Crippen LogP contribution in [0.3, 0.4) is 0 Å². The number of benzene rings is 1. The zero-order chi connectivity index (χ0) is 10.7. The van der Waals surface area contributed by atoms with Gasteiger partial charge in [-0.15, -0.1) is 0 Å². The first kappa shape index (κ1) is 11.1. The molecule has 0 saturated heterocycles. The zero-order valence-electron chi connectivity index (χ0n) is 8.10. The molecule has 0 fully saturated rings. The Morgan fingerprint density at radius 3 is 2.67 bits per heavy atom. The van der Waals surface area contributed by atoms with Gasteiger partial charge in [0.05, 0.1) is 0 Å². The molecule has 1 aliphatic rings. The zero-order valence-corrected chi connectivity index (χ0v) is 10.4. The molecule has 0 aromatic heterocycles. The van der Waals surface area contributed by atoms with Crippen LogP contribution in [0.2, 0.25) is 0 Å². The third-order valence-corrected chi connectivity index (χ3v) is 4.95. The summed E-state index contributed by atoms with van der Waals surface area (Å²) in [7, 11) is 6.02. The van der Waals surface area contributed by atoms with Gasteiger partial charge < -0.3 is 0 Å². The number of nitrogens with two attached hydrogens (primary N) is 1. The Kier molecular flexibility index (Phi) is 3.43. The van der Waals surface area contributed by atoms with Crippen LogP contribution >= 0.6 is 9.53 Å². The first-order valence-corrected chi connectivity index (χ1v) is 7.47. The molecule has 1 aromatic carbocycles. The fraction of sp³-hybridized carbons (Fsp3) is 0.167. The maximum atomic E-state index is 6.31. The van der Waals surface area contributed by atoms with E-state index < -0.39 is 0 Å². The second-order valence-electron chi connectivity index (χ2n) is 3.45. The van der Waals surface area contributed by atoms with Crippen LogP contribution < -0.4 is 5.73 Å². The van der Waals surface area contributed by atoms with Crippen molar-refractivity contribution in [1.29, 1.82) is 0 Å². The second kappa shape index (κ2) is 4.64. The molecule has 0 heterocycles. The molecule has 1 atom stereocenters. The average Bonchev–Trinajstić information content (AvgIpc) is 2.31. The normalized spacial score (nSPS) is 25.3. The van der Waals surface area contributed by atoms with E-state index in [9.17, 15) is 0 Å². The Balaban J connectivity index is 2.42. The summed E-state index contributed by atoms with van der Waals surface area (Å²) in [5, 5.41) is 0. The summed E-state index contributed by atoms with van der Waals surface area (Å²) in [5.74, 6) is 0. The summed E-state index contributed by atoms with van der Waals surface area (Å²) >= 11 is -0.000832. The molecule has 1 nitrogen and oxygen atoms in total. The molecular formula is C12H12ClNPd. The van der Waals surface area contributed by atoms with E-state index in [1.54, 1.807) is 0 Å². The van der Waals surface area contributed by atoms with Crippen LogP contribution in [-0.4, -0.2) is 4.01 Å². The SMILES string of the molecule is N[C]1([Pd][Cl])CC=CC=C1c1ccccc1. The third-order valence-electron chi connectivity index (χ3n) is 2.42. The van der Waals surface area contributed by atoms with Gasteiger partial charge in [0.1, 0.15) is 0 Å². The van der Waals surface area contributed by atoms with Gasteiger partial charge in [-0.1, -0.05) is 0 Å². The summed E-state index contributed by atoms with van der Waals surface area (Å²) in [4.78, 5) is 0. The number of rotatable bonds is 2. The molecular weight excluding hydrogens is 300 g/mol. The van der Waals surface area contributed by atoms with E-state index in [1.165, 1.54) is 5.56 Å².